The van der Waals surface area contributed by atoms with Gasteiger partial charge < -0.3 is 9.72 Å². The van der Waals surface area contributed by atoms with Gasteiger partial charge in [-0.3, -0.25) is 14.2 Å². The molecule has 1 N–H and O–H groups in total. The van der Waals surface area contributed by atoms with Crippen molar-refractivity contribution in [3.63, 3.8) is 0 Å². The number of H-pyrrole nitrogens is 1. The van der Waals surface area contributed by atoms with Crippen molar-refractivity contribution in [1.82, 2.24) is 14.5 Å². The third kappa shape index (κ3) is 2.66. The molecule has 7 nitrogen and oxygen atoms in total. The summed E-state index contributed by atoms with van der Waals surface area (Å²) in [6.07, 6.45) is 2.65. The van der Waals surface area contributed by atoms with Gasteiger partial charge in [-0.1, -0.05) is 0 Å². The molecule has 2 aromatic rings. The van der Waals surface area contributed by atoms with Crippen LogP contribution in [0.5, 0.6) is 5.88 Å². The zero-order chi connectivity index (χ0) is 14.7. The van der Waals surface area contributed by atoms with E-state index in [4.69, 9.17) is 4.74 Å². The van der Waals surface area contributed by atoms with E-state index in [1.165, 1.54) is 20.2 Å². The Kier molecular flexibility index (Phi) is 3.79. The van der Waals surface area contributed by atoms with Gasteiger partial charge in [0, 0.05) is 18.5 Å². The number of nitrogens with one attached hydrogen (secondary N) is 1. The first-order valence-electron chi connectivity index (χ1n) is 5.85. The van der Waals surface area contributed by atoms with Crippen molar-refractivity contribution in [1.29, 1.82) is 0 Å². The minimum Gasteiger partial charge on any atom is -0.481 e. The second-order valence-corrected chi connectivity index (χ2v) is 4.16. The lowest BCUT2D eigenvalue weighted by molar-refractivity contribution is 0.101. The van der Waals surface area contributed by atoms with E-state index in [-0.39, 0.29) is 12.1 Å². The van der Waals surface area contributed by atoms with E-state index in [1.807, 2.05) is 0 Å². The largest absolute Gasteiger partial charge is 0.481 e. The normalized spacial score (nSPS) is 10.3. The topological polar surface area (TPSA) is 94.0 Å². The summed E-state index contributed by atoms with van der Waals surface area (Å²) in [5.74, 6) is -0.0120. The lowest BCUT2D eigenvalue weighted by Gasteiger charge is -2.07. The van der Waals surface area contributed by atoms with Crippen molar-refractivity contribution >= 4 is 5.78 Å². The molecule has 7 heteroatoms. The van der Waals surface area contributed by atoms with Gasteiger partial charge in [0.05, 0.1) is 19.2 Å². The summed E-state index contributed by atoms with van der Waals surface area (Å²) in [7, 11) is 1.47. The number of aromatic nitrogens is 3. The predicted octanol–water partition coefficient (Wildman–Crippen LogP) is 0.191. The van der Waals surface area contributed by atoms with Crippen LogP contribution in [0.1, 0.15) is 22.8 Å². The highest BCUT2D eigenvalue weighted by atomic mass is 16.5. The van der Waals surface area contributed by atoms with Crippen molar-refractivity contribution in [2.45, 2.75) is 13.5 Å². The molecule has 0 fully saturated rings. The van der Waals surface area contributed by atoms with Crippen LogP contribution >= 0.6 is 0 Å². The summed E-state index contributed by atoms with van der Waals surface area (Å²) >= 11 is 0. The average molecular weight is 275 g/mol. The van der Waals surface area contributed by atoms with Crippen molar-refractivity contribution in [2.75, 3.05) is 7.11 Å². The first-order chi connectivity index (χ1) is 9.52. The quantitative estimate of drug-likeness (QED) is 0.804. The number of carbonyl (C=O) groups excluding carboxylic acids is 1. The second-order valence-electron chi connectivity index (χ2n) is 4.16. The molecule has 0 saturated carbocycles. The Morgan fingerprint density at radius 3 is 2.85 bits per heavy atom. The van der Waals surface area contributed by atoms with Crippen LogP contribution in [-0.4, -0.2) is 27.4 Å². The molecule has 2 heterocycles. The number of carbonyl (C=O) groups is 1. The van der Waals surface area contributed by atoms with E-state index in [0.717, 1.165) is 10.8 Å². The van der Waals surface area contributed by atoms with Crippen LogP contribution in [0.3, 0.4) is 0 Å². The van der Waals surface area contributed by atoms with Gasteiger partial charge in [-0.15, -0.1) is 0 Å². The van der Waals surface area contributed by atoms with Crippen LogP contribution < -0.4 is 16.0 Å². The molecule has 20 heavy (non-hydrogen) atoms. The van der Waals surface area contributed by atoms with Crippen LogP contribution in [0, 0.1) is 0 Å². The van der Waals surface area contributed by atoms with Gasteiger partial charge in [0.15, 0.2) is 5.78 Å². The lowest BCUT2D eigenvalue weighted by atomic mass is 10.2. The number of nitrogens with zero attached hydrogens (tertiary/aromatic N) is 2. The Morgan fingerprint density at radius 1 is 1.45 bits per heavy atom. The summed E-state index contributed by atoms with van der Waals surface area (Å²) in [5.41, 5.74) is -0.566. The third-order valence-electron chi connectivity index (χ3n) is 2.79. The first-order valence-corrected chi connectivity index (χ1v) is 5.85. The molecule has 0 spiro atoms. The second kappa shape index (κ2) is 5.52. The fraction of sp³-hybridized carbons (Fsp3) is 0.231. The van der Waals surface area contributed by atoms with Crippen molar-refractivity contribution < 1.29 is 9.53 Å². The molecule has 2 rings (SSSR count). The molecule has 0 aliphatic heterocycles. The maximum Gasteiger partial charge on any atom is 0.328 e. The molecule has 0 bridgehead atoms. The molecule has 2 aromatic heterocycles. The van der Waals surface area contributed by atoms with Gasteiger partial charge in [0.2, 0.25) is 5.88 Å². The number of rotatable bonds is 4. The molecular weight excluding hydrogens is 262 g/mol. The molecule has 0 aromatic carbocycles. The van der Waals surface area contributed by atoms with E-state index >= 15 is 0 Å². The Hall–Kier alpha value is -2.70. The van der Waals surface area contributed by atoms with Gasteiger partial charge >= 0.3 is 5.69 Å². The van der Waals surface area contributed by atoms with Gasteiger partial charge in [0.1, 0.15) is 0 Å². The van der Waals surface area contributed by atoms with Gasteiger partial charge in [-0.05, 0) is 18.6 Å². The summed E-state index contributed by atoms with van der Waals surface area (Å²) in [4.78, 5) is 41.4. The molecule has 0 aliphatic rings. The minimum absolute atomic E-state index is 0.0359. The Morgan fingerprint density at radius 2 is 2.20 bits per heavy atom. The maximum absolute atomic E-state index is 12.1. The number of ether oxygens (including phenoxy) is 1. The van der Waals surface area contributed by atoms with Crippen molar-refractivity contribution in [2.24, 2.45) is 0 Å². The molecule has 0 radical (unpaired) electrons. The number of hydrogen-bond acceptors (Lipinski definition) is 5. The number of methoxy groups -OCH3 is 1. The fourth-order valence-corrected chi connectivity index (χ4v) is 1.75. The van der Waals surface area contributed by atoms with E-state index in [0.29, 0.717) is 11.4 Å². The molecular formula is C13H13N3O4. The van der Waals surface area contributed by atoms with Crippen molar-refractivity contribution in [3.05, 3.63) is 56.5 Å². The first kappa shape index (κ1) is 13.7. The summed E-state index contributed by atoms with van der Waals surface area (Å²) < 4.78 is 5.94. The number of ketones is 1. The third-order valence-corrected chi connectivity index (χ3v) is 2.79. The van der Waals surface area contributed by atoms with Crippen molar-refractivity contribution in [3.8, 4) is 5.88 Å². The standard InChI is InChI=1S/C13H13N3O4/c1-8(17)10-6-15-13(19)16(12(10)18)7-9-3-4-14-11(5-9)20-2/h3-6H,7H2,1-2H3,(H,15,19). The predicted molar refractivity (Wildman–Crippen MR) is 71.2 cm³/mol. The zero-order valence-corrected chi connectivity index (χ0v) is 11.0. The van der Waals surface area contributed by atoms with E-state index in [2.05, 4.69) is 9.97 Å². The maximum atomic E-state index is 12.1. The van der Waals surface area contributed by atoms with E-state index in [9.17, 15) is 14.4 Å². The molecule has 0 saturated heterocycles. The van der Waals surface area contributed by atoms with Crippen LogP contribution in [0.25, 0.3) is 0 Å². The smallest absolute Gasteiger partial charge is 0.328 e. The Bertz CT molecular complexity index is 761. The Labute approximate surface area is 113 Å². The highest BCUT2D eigenvalue weighted by Gasteiger charge is 2.11. The highest BCUT2D eigenvalue weighted by molar-refractivity contribution is 5.93. The van der Waals surface area contributed by atoms with Crippen LogP contribution in [0.4, 0.5) is 0 Å². The fourth-order valence-electron chi connectivity index (χ4n) is 1.75. The average Bonchev–Trinajstić information content (AvgIpc) is 2.43. The van der Waals surface area contributed by atoms with E-state index in [1.54, 1.807) is 12.1 Å². The summed E-state index contributed by atoms with van der Waals surface area (Å²) in [5, 5.41) is 0. The van der Waals surface area contributed by atoms with Gasteiger partial charge in [-0.2, -0.15) is 0 Å². The molecule has 0 atom stereocenters. The molecule has 0 aliphatic carbocycles. The number of pyridine rings is 1. The van der Waals surface area contributed by atoms with E-state index < -0.39 is 17.0 Å². The van der Waals surface area contributed by atoms with Crippen LogP contribution in [0.2, 0.25) is 0 Å². The number of aromatic amines is 1. The zero-order valence-electron chi connectivity index (χ0n) is 11.0. The summed E-state index contributed by atoms with van der Waals surface area (Å²) in [6.45, 7) is 1.31. The Balaban J connectivity index is 2.48. The van der Waals surface area contributed by atoms with Crippen LogP contribution in [0.15, 0.2) is 34.1 Å². The van der Waals surface area contributed by atoms with Gasteiger partial charge in [-0.25, -0.2) is 9.78 Å². The number of hydrogen-bond donors (Lipinski definition) is 1. The lowest BCUT2D eigenvalue weighted by Crippen LogP contribution is -2.38. The SMILES string of the molecule is COc1cc(Cn2c(=O)[nH]cc(C(C)=O)c2=O)ccn1. The number of Topliss-reactive ketones (excluding diaryl/α,β-unsaturated/α-hetero) is 1. The van der Waals surface area contributed by atoms with Gasteiger partial charge in [0.25, 0.3) is 5.56 Å². The molecule has 104 valence electrons. The monoisotopic (exact) mass is 275 g/mol. The molecule has 0 amide bonds. The van der Waals surface area contributed by atoms with Crippen LogP contribution in [-0.2, 0) is 6.54 Å². The summed E-state index contributed by atoms with van der Waals surface area (Å²) in [6, 6.07) is 3.28. The highest BCUT2D eigenvalue weighted by Crippen LogP contribution is 2.08. The molecule has 0 unspecified atom stereocenters. The minimum atomic E-state index is -0.614.